The van der Waals surface area contributed by atoms with E-state index in [1.807, 2.05) is 6.92 Å². The highest BCUT2D eigenvalue weighted by Gasteiger charge is 2.17. The average molecular weight is 445 g/mol. The van der Waals surface area contributed by atoms with Gasteiger partial charge in [-0.05, 0) is 36.8 Å². The molecule has 0 aliphatic carbocycles. The molecule has 31 heavy (non-hydrogen) atoms. The Morgan fingerprint density at radius 2 is 2.00 bits per heavy atom. The molecule has 4 N–H and O–H groups in total. The molecule has 0 saturated heterocycles. The molecule has 0 aliphatic rings. The second kappa shape index (κ2) is 10.3. The lowest BCUT2D eigenvalue weighted by atomic mass is 10.1. The van der Waals surface area contributed by atoms with Crippen LogP contribution < -0.4 is 10.6 Å². The number of carbonyl (C=O) groups excluding carboxylic acids is 1. The standard InChI is InChI=1S/C22H22ClFN4O3/c1-2-15(12-30)27-22(31)17-10-25-6-5-19(17)28-20-8-21(26-9-13(20)11-29)16-7-14(23)3-4-18(16)24/h3-10,15,29-30H,2,11-12H2,1H3,(H,27,31)(H,25,26,28). The smallest absolute Gasteiger partial charge is 0.255 e. The number of hydrogen-bond donors (Lipinski definition) is 4. The van der Waals surface area contributed by atoms with Gasteiger partial charge in [-0.15, -0.1) is 0 Å². The lowest BCUT2D eigenvalue weighted by Gasteiger charge is -2.17. The van der Waals surface area contributed by atoms with Crippen molar-refractivity contribution in [3.63, 3.8) is 0 Å². The summed E-state index contributed by atoms with van der Waals surface area (Å²) in [6.07, 6.45) is 4.91. The fourth-order valence-electron chi connectivity index (χ4n) is 2.94. The number of pyridine rings is 2. The Morgan fingerprint density at radius 3 is 2.71 bits per heavy atom. The maximum Gasteiger partial charge on any atom is 0.255 e. The van der Waals surface area contributed by atoms with E-state index in [2.05, 4.69) is 20.6 Å². The summed E-state index contributed by atoms with van der Waals surface area (Å²) >= 11 is 6.00. The van der Waals surface area contributed by atoms with Gasteiger partial charge in [-0.2, -0.15) is 0 Å². The zero-order valence-electron chi connectivity index (χ0n) is 16.8. The summed E-state index contributed by atoms with van der Waals surface area (Å²) in [7, 11) is 0. The van der Waals surface area contributed by atoms with Gasteiger partial charge in [0, 0.05) is 40.4 Å². The Kier molecular flexibility index (Phi) is 7.51. The zero-order chi connectivity index (χ0) is 22.4. The monoisotopic (exact) mass is 444 g/mol. The average Bonchev–Trinajstić information content (AvgIpc) is 2.79. The van der Waals surface area contributed by atoms with Gasteiger partial charge in [0.1, 0.15) is 5.82 Å². The molecule has 2 aromatic heterocycles. The summed E-state index contributed by atoms with van der Waals surface area (Å²) in [5, 5.41) is 25.3. The van der Waals surface area contributed by atoms with E-state index in [1.54, 1.807) is 12.1 Å². The molecule has 0 saturated carbocycles. The van der Waals surface area contributed by atoms with Crippen molar-refractivity contribution in [3.8, 4) is 11.3 Å². The molecular weight excluding hydrogens is 423 g/mol. The number of aliphatic hydroxyl groups excluding tert-OH is 2. The van der Waals surface area contributed by atoms with Gasteiger partial charge in [0.05, 0.1) is 36.2 Å². The molecule has 7 nitrogen and oxygen atoms in total. The van der Waals surface area contributed by atoms with Crippen molar-refractivity contribution in [2.75, 3.05) is 11.9 Å². The second-order valence-corrected chi connectivity index (χ2v) is 7.25. The second-order valence-electron chi connectivity index (χ2n) is 6.82. The van der Waals surface area contributed by atoms with Gasteiger partial charge in [0.25, 0.3) is 5.91 Å². The minimum Gasteiger partial charge on any atom is -0.394 e. The van der Waals surface area contributed by atoms with Crippen LogP contribution in [0, 0.1) is 5.82 Å². The van der Waals surface area contributed by atoms with Crippen LogP contribution in [0.4, 0.5) is 15.8 Å². The molecule has 3 aromatic rings. The molecule has 3 rings (SSSR count). The Morgan fingerprint density at radius 1 is 1.19 bits per heavy atom. The van der Waals surface area contributed by atoms with E-state index in [0.29, 0.717) is 34.1 Å². The Balaban J connectivity index is 1.98. The van der Waals surface area contributed by atoms with E-state index < -0.39 is 11.7 Å². The number of rotatable bonds is 8. The molecular formula is C22H22ClFN4O3. The minimum absolute atomic E-state index is 0.182. The van der Waals surface area contributed by atoms with Crippen molar-refractivity contribution in [3.05, 3.63) is 70.9 Å². The van der Waals surface area contributed by atoms with Gasteiger partial charge in [0.15, 0.2) is 0 Å². The van der Waals surface area contributed by atoms with Crippen molar-refractivity contribution in [2.24, 2.45) is 0 Å². The number of nitrogens with zero attached hydrogens (tertiary/aromatic N) is 2. The minimum atomic E-state index is -0.488. The van der Waals surface area contributed by atoms with Crippen LogP contribution in [0.2, 0.25) is 5.02 Å². The highest BCUT2D eigenvalue weighted by Crippen LogP contribution is 2.30. The number of hydrogen-bond acceptors (Lipinski definition) is 6. The van der Waals surface area contributed by atoms with E-state index >= 15 is 0 Å². The van der Waals surface area contributed by atoms with Crippen LogP contribution in [0.25, 0.3) is 11.3 Å². The lowest BCUT2D eigenvalue weighted by Crippen LogP contribution is -2.37. The van der Waals surface area contributed by atoms with Crippen LogP contribution in [0.5, 0.6) is 0 Å². The van der Waals surface area contributed by atoms with E-state index in [4.69, 9.17) is 11.6 Å². The topological polar surface area (TPSA) is 107 Å². The van der Waals surface area contributed by atoms with E-state index in [0.717, 1.165) is 0 Å². The van der Waals surface area contributed by atoms with Gasteiger partial charge >= 0.3 is 0 Å². The normalized spacial score (nSPS) is 11.8. The summed E-state index contributed by atoms with van der Waals surface area (Å²) in [6.45, 7) is 1.35. The molecule has 1 aromatic carbocycles. The molecule has 0 spiro atoms. The predicted molar refractivity (Wildman–Crippen MR) is 117 cm³/mol. The maximum atomic E-state index is 14.3. The third-order valence-electron chi connectivity index (χ3n) is 4.74. The third-order valence-corrected chi connectivity index (χ3v) is 4.98. The van der Waals surface area contributed by atoms with Crippen LogP contribution >= 0.6 is 11.6 Å². The quantitative estimate of drug-likeness (QED) is 0.422. The van der Waals surface area contributed by atoms with Crippen LogP contribution in [0.3, 0.4) is 0 Å². The SMILES string of the molecule is CCC(CO)NC(=O)c1cnccc1Nc1cc(-c2cc(Cl)ccc2F)ncc1CO. The van der Waals surface area contributed by atoms with Gasteiger partial charge in [-0.25, -0.2) is 4.39 Å². The number of amides is 1. The summed E-state index contributed by atoms with van der Waals surface area (Å²) in [4.78, 5) is 20.9. The summed E-state index contributed by atoms with van der Waals surface area (Å²) < 4.78 is 14.3. The molecule has 0 aliphatic heterocycles. The Hall–Kier alpha value is -3.07. The highest BCUT2D eigenvalue weighted by molar-refractivity contribution is 6.30. The predicted octanol–water partition coefficient (Wildman–Crippen LogP) is 3.67. The molecule has 1 amide bonds. The fraction of sp³-hybridized carbons (Fsp3) is 0.227. The highest BCUT2D eigenvalue weighted by atomic mass is 35.5. The van der Waals surface area contributed by atoms with Crippen molar-refractivity contribution in [1.82, 2.24) is 15.3 Å². The number of aromatic nitrogens is 2. The number of aliphatic hydroxyl groups is 2. The first-order valence-electron chi connectivity index (χ1n) is 9.64. The number of anilines is 2. The molecule has 1 atom stereocenters. The van der Waals surface area contributed by atoms with E-state index in [-0.39, 0.29) is 30.4 Å². The summed E-state index contributed by atoms with van der Waals surface area (Å²) in [5.41, 5.74) is 2.11. The van der Waals surface area contributed by atoms with Crippen molar-refractivity contribution in [2.45, 2.75) is 26.0 Å². The van der Waals surface area contributed by atoms with Crippen LogP contribution in [0.1, 0.15) is 29.3 Å². The van der Waals surface area contributed by atoms with E-state index in [9.17, 15) is 19.4 Å². The lowest BCUT2D eigenvalue weighted by molar-refractivity contribution is 0.0915. The first-order chi connectivity index (χ1) is 15.0. The van der Waals surface area contributed by atoms with Gasteiger partial charge < -0.3 is 20.8 Å². The first-order valence-corrected chi connectivity index (χ1v) is 10.0. The van der Waals surface area contributed by atoms with Gasteiger partial charge in [0.2, 0.25) is 0 Å². The number of benzene rings is 1. The molecule has 0 radical (unpaired) electrons. The van der Waals surface area contributed by atoms with Gasteiger partial charge in [-0.1, -0.05) is 18.5 Å². The largest absolute Gasteiger partial charge is 0.394 e. The third kappa shape index (κ3) is 5.35. The molecule has 1 unspecified atom stereocenters. The fourth-order valence-corrected chi connectivity index (χ4v) is 3.11. The van der Waals surface area contributed by atoms with Crippen molar-refractivity contribution < 1.29 is 19.4 Å². The summed E-state index contributed by atoms with van der Waals surface area (Å²) in [5.74, 6) is -0.893. The first kappa shape index (κ1) is 22.6. The Labute approximate surface area is 183 Å². The number of halogens is 2. The summed E-state index contributed by atoms with van der Waals surface area (Å²) in [6, 6.07) is 6.96. The molecule has 162 valence electrons. The van der Waals surface area contributed by atoms with Crippen molar-refractivity contribution in [1.29, 1.82) is 0 Å². The molecule has 2 heterocycles. The van der Waals surface area contributed by atoms with Gasteiger partial charge in [-0.3, -0.25) is 14.8 Å². The molecule has 9 heteroatoms. The molecule has 0 fully saturated rings. The number of carbonyl (C=O) groups is 1. The van der Waals surface area contributed by atoms with Crippen molar-refractivity contribution >= 4 is 28.9 Å². The van der Waals surface area contributed by atoms with Crippen LogP contribution in [-0.4, -0.2) is 38.7 Å². The Bertz CT molecular complexity index is 1080. The van der Waals surface area contributed by atoms with Crippen LogP contribution in [0.15, 0.2) is 48.9 Å². The molecule has 0 bridgehead atoms. The van der Waals surface area contributed by atoms with E-state index in [1.165, 1.54) is 36.8 Å². The van der Waals surface area contributed by atoms with Crippen LogP contribution in [-0.2, 0) is 6.61 Å². The maximum absolute atomic E-state index is 14.3. The number of nitrogens with one attached hydrogen (secondary N) is 2. The zero-order valence-corrected chi connectivity index (χ0v) is 17.5.